The summed E-state index contributed by atoms with van der Waals surface area (Å²) in [4.78, 5) is 11.9. The summed E-state index contributed by atoms with van der Waals surface area (Å²) < 4.78 is 12.9. The Labute approximate surface area is 165 Å². The predicted molar refractivity (Wildman–Crippen MR) is 105 cm³/mol. The number of halogens is 2. The highest BCUT2D eigenvalue weighted by molar-refractivity contribution is 6.32. The van der Waals surface area contributed by atoms with Gasteiger partial charge in [-0.3, -0.25) is 4.79 Å². The van der Waals surface area contributed by atoms with Crippen LogP contribution in [-0.4, -0.2) is 17.2 Å². The molecule has 0 fully saturated rings. The highest BCUT2D eigenvalue weighted by Crippen LogP contribution is 2.27. The lowest BCUT2D eigenvalue weighted by Crippen LogP contribution is -2.17. The van der Waals surface area contributed by atoms with E-state index in [1.807, 2.05) is 0 Å². The fourth-order valence-electron chi connectivity index (χ4n) is 2.18. The van der Waals surface area contributed by atoms with E-state index in [0.717, 1.165) is 0 Å². The first-order valence-corrected chi connectivity index (χ1v) is 8.49. The molecule has 0 saturated carbocycles. The molecular weight excluding hydrogens is 383 g/mol. The fourth-order valence-corrected chi connectivity index (χ4v) is 2.35. The van der Waals surface area contributed by atoms with Gasteiger partial charge in [-0.25, -0.2) is 9.82 Å². The molecule has 1 amide bonds. The van der Waals surface area contributed by atoms with Gasteiger partial charge in [-0.05, 0) is 54.6 Å². The Bertz CT molecular complexity index is 1050. The van der Waals surface area contributed by atoms with Gasteiger partial charge in [0, 0.05) is 11.1 Å². The third kappa shape index (κ3) is 4.99. The van der Waals surface area contributed by atoms with Gasteiger partial charge in [-0.2, -0.15) is 10.2 Å². The van der Waals surface area contributed by atoms with Crippen molar-refractivity contribution in [1.82, 2.24) is 5.43 Å². The molecule has 3 rings (SSSR count). The van der Waals surface area contributed by atoms with E-state index in [2.05, 4.69) is 20.8 Å². The zero-order valence-corrected chi connectivity index (χ0v) is 15.1. The summed E-state index contributed by atoms with van der Waals surface area (Å²) in [6.45, 7) is 0. The van der Waals surface area contributed by atoms with E-state index in [0.29, 0.717) is 22.0 Å². The summed E-state index contributed by atoms with van der Waals surface area (Å²) in [5.41, 5.74) is 3.86. The van der Waals surface area contributed by atoms with Gasteiger partial charge in [0.05, 0.1) is 16.9 Å². The van der Waals surface area contributed by atoms with Crippen LogP contribution in [0.15, 0.2) is 82.1 Å². The van der Waals surface area contributed by atoms with Gasteiger partial charge >= 0.3 is 0 Å². The van der Waals surface area contributed by atoms with Crippen molar-refractivity contribution in [3.05, 3.63) is 88.7 Å². The van der Waals surface area contributed by atoms with Gasteiger partial charge in [0.15, 0.2) is 0 Å². The molecule has 3 aromatic carbocycles. The third-order valence-corrected chi connectivity index (χ3v) is 3.93. The fraction of sp³-hybridized carbons (Fsp3) is 0. The number of nitrogens with one attached hydrogen (secondary N) is 1. The van der Waals surface area contributed by atoms with Gasteiger partial charge in [0.2, 0.25) is 0 Å². The van der Waals surface area contributed by atoms with Crippen LogP contribution in [0.5, 0.6) is 5.75 Å². The molecule has 8 heteroatoms. The van der Waals surface area contributed by atoms with Crippen LogP contribution >= 0.6 is 11.6 Å². The summed E-state index contributed by atoms with van der Waals surface area (Å²) >= 11 is 6.03. The first-order valence-electron chi connectivity index (χ1n) is 8.11. The normalized spacial score (nSPS) is 11.2. The maximum Gasteiger partial charge on any atom is 0.271 e. The summed E-state index contributed by atoms with van der Waals surface area (Å²) in [6, 6.07) is 16.6. The summed E-state index contributed by atoms with van der Waals surface area (Å²) in [7, 11) is 0. The van der Waals surface area contributed by atoms with Crippen molar-refractivity contribution >= 4 is 35.1 Å². The van der Waals surface area contributed by atoms with Crippen molar-refractivity contribution in [2.24, 2.45) is 15.3 Å². The van der Waals surface area contributed by atoms with Crippen molar-refractivity contribution in [3.63, 3.8) is 0 Å². The van der Waals surface area contributed by atoms with Crippen LogP contribution in [-0.2, 0) is 0 Å². The molecule has 0 aliphatic rings. The number of phenolic OH excluding ortho intramolecular Hbond substituents is 1. The van der Waals surface area contributed by atoms with E-state index >= 15 is 0 Å². The number of rotatable bonds is 5. The largest absolute Gasteiger partial charge is 0.507 e. The molecule has 2 N–H and O–H groups in total. The Hall–Kier alpha value is -3.58. The molecule has 0 aliphatic heterocycles. The number of nitrogens with zero attached hydrogens (tertiary/aromatic N) is 3. The minimum absolute atomic E-state index is 0.0449. The number of azo groups is 1. The van der Waals surface area contributed by atoms with Crippen molar-refractivity contribution in [1.29, 1.82) is 0 Å². The van der Waals surface area contributed by atoms with Crippen LogP contribution in [0, 0.1) is 5.82 Å². The topological polar surface area (TPSA) is 86.4 Å². The lowest BCUT2D eigenvalue weighted by molar-refractivity contribution is 0.0955. The number of hydrogen-bond acceptors (Lipinski definition) is 5. The molecule has 28 heavy (non-hydrogen) atoms. The maximum atomic E-state index is 12.9. The third-order valence-electron chi connectivity index (χ3n) is 3.61. The Morgan fingerprint density at radius 1 is 1.04 bits per heavy atom. The average molecular weight is 397 g/mol. The molecule has 0 radical (unpaired) electrons. The summed E-state index contributed by atoms with van der Waals surface area (Å²) in [5, 5.41) is 22.4. The molecule has 140 valence electrons. The Morgan fingerprint density at radius 3 is 2.54 bits per heavy atom. The van der Waals surface area contributed by atoms with Crippen LogP contribution in [0.1, 0.15) is 15.9 Å². The molecule has 6 nitrogen and oxygen atoms in total. The van der Waals surface area contributed by atoms with Gasteiger partial charge in [-0.1, -0.05) is 23.7 Å². The van der Waals surface area contributed by atoms with Crippen LogP contribution in [0.3, 0.4) is 0 Å². The van der Waals surface area contributed by atoms with Crippen molar-refractivity contribution < 1.29 is 14.3 Å². The molecule has 0 spiro atoms. The van der Waals surface area contributed by atoms with Gasteiger partial charge < -0.3 is 5.11 Å². The number of hydrazone groups is 1. The number of hydrogen-bond donors (Lipinski definition) is 2. The first-order chi connectivity index (χ1) is 13.5. The monoisotopic (exact) mass is 396 g/mol. The summed E-state index contributed by atoms with van der Waals surface area (Å²) in [5.74, 6) is -0.991. The second-order valence-corrected chi connectivity index (χ2v) is 6.01. The van der Waals surface area contributed by atoms with E-state index in [1.165, 1.54) is 36.5 Å². The molecular formula is C20H14ClFN4O2. The number of aromatic hydroxyl groups is 1. The summed E-state index contributed by atoms with van der Waals surface area (Å²) in [6.07, 6.45) is 1.27. The number of carbonyl (C=O) groups excluding carboxylic acids is 1. The zero-order chi connectivity index (χ0) is 19.9. The molecule has 0 atom stereocenters. The van der Waals surface area contributed by atoms with E-state index in [-0.39, 0.29) is 11.3 Å². The van der Waals surface area contributed by atoms with Crippen molar-refractivity contribution in [2.75, 3.05) is 0 Å². The Kier molecular flexibility index (Phi) is 6.08. The average Bonchev–Trinajstić information content (AvgIpc) is 2.70. The lowest BCUT2D eigenvalue weighted by Gasteiger charge is -2.02. The second-order valence-electron chi connectivity index (χ2n) is 5.60. The standard InChI is InChI=1S/C20H14ClFN4O2/c21-17-3-1-2-4-18(17)25-24-16-9-10-19(27)14(11-16)12-23-26-20(28)13-5-7-15(22)8-6-13/h1-12,27H,(H,26,28)/b23-12+,25-24?. The van der Waals surface area contributed by atoms with Crippen LogP contribution in [0.4, 0.5) is 15.8 Å². The predicted octanol–water partition coefficient (Wildman–Crippen LogP) is 5.36. The van der Waals surface area contributed by atoms with Crippen LogP contribution in [0.2, 0.25) is 5.02 Å². The zero-order valence-electron chi connectivity index (χ0n) is 14.4. The number of amides is 1. The lowest BCUT2D eigenvalue weighted by atomic mass is 10.2. The number of benzene rings is 3. The first kappa shape index (κ1) is 19.2. The molecule has 0 unspecified atom stereocenters. The smallest absolute Gasteiger partial charge is 0.271 e. The molecule has 0 aliphatic carbocycles. The molecule has 0 aromatic heterocycles. The Morgan fingerprint density at radius 2 is 1.79 bits per heavy atom. The minimum Gasteiger partial charge on any atom is -0.507 e. The highest BCUT2D eigenvalue weighted by Gasteiger charge is 2.05. The van der Waals surface area contributed by atoms with Crippen LogP contribution < -0.4 is 5.43 Å². The molecule has 0 bridgehead atoms. The van der Waals surface area contributed by atoms with E-state index < -0.39 is 11.7 Å². The van der Waals surface area contributed by atoms with E-state index in [9.17, 15) is 14.3 Å². The van der Waals surface area contributed by atoms with Crippen molar-refractivity contribution in [2.45, 2.75) is 0 Å². The molecule has 0 saturated heterocycles. The van der Waals surface area contributed by atoms with Crippen molar-refractivity contribution in [3.8, 4) is 5.75 Å². The Balaban J connectivity index is 1.71. The van der Waals surface area contributed by atoms with Gasteiger partial charge in [0.25, 0.3) is 5.91 Å². The van der Waals surface area contributed by atoms with Gasteiger partial charge in [-0.15, -0.1) is 5.11 Å². The quantitative estimate of drug-likeness (QED) is 0.345. The minimum atomic E-state index is -0.509. The molecule has 0 heterocycles. The number of carbonyl (C=O) groups is 1. The maximum absolute atomic E-state index is 12.9. The van der Waals surface area contributed by atoms with Crippen LogP contribution in [0.25, 0.3) is 0 Å². The van der Waals surface area contributed by atoms with Gasteiger partial charge in [0.1, 0.15) is 17.3 Å². The second kappa shape index (κ2) is 8.88. The van der Waals surface area contributed by atoms with E-state index in [1.54, 1.807) is 36.4 Å². The molecule has 3 aromatic rings. The number of phenols is 1. The highest BCUT2D eigenvalue weighted by atomic mass is 35.5. The SMILES string of the molecule is O=C(N/N=C/c1cc(N=Nc2ccccc2Cl)ccc1O)c1ccc(F)cc1. The van der Waals surface area contributed by atoms with E-state index in [4.69, 9.17) is 11.6 Å².